The molecule has 0 amide bonds. The fourth-order valence-corrected chi connectivity index (χ4v) is 5.04. The van der Waals surface area contributed by atoms with E-state index in [2.05, 4.69) is 25.2 Å². The van der Waals surface area contributed by atoms with Gasteiger partial charge in [0.1, 0.15) is 0 Å². The van der Waals surface area contributed by atoms with Gasteiger partial charge in [-0.2, -0.15) is 0 Å². The molecule has 0 radical (unpaired) electrons. The van der Waals surface area contributed by atoms with Crippen LogP contribution >= 0.6 is 0 Å². The lowest BCUT2D eigenvalue weighted by molar-refractivity contribution is 0.196. The van der Waals surface area contributed by atoms with Crippen molar-refractivity contribution in [2.75, 3.05) is 6.61 Å². The van der Waals surface area contributed by atoms with E-state index >= 15 is 0 Å². The maximum absolute atomic E-state index is 5.84. The highest BCUT2D eigenvalue weighted by molar-refractivity contribution is 6.48. The second-order valence-corrected chi connectivity index (χ2v) is 8.68. The molecule has 2 heteroatoms. The fraction of sp³-hybridized carbons (Fsp3) is 0.857. The number of fused-ring (bicyclic) bond motifs is 5. The summed E-state index contributed by atoms with van der Waals surface area (Å²) in [4.78, 5) is 0. The van der Waals surface area contributed by atoms with E-state index in [1.807, 2.05) is 0 Å². The number of rotatable bonds is 4. The third-order valence-corrected chi connectivity index (χ3v) is 5.93. The summed E-state index contributed by atoms with van der Waals surface area (Å²) in [6, 6.07) is 0. The van der Waals surface area contributed by atoms with Crippen molar-refractivity contribution in [3.63, 3.8) is 0 Å². The predicted molar refractivity (Wildman–Crippen MR) is 69.9 cm³/mol. The SMILES string of the molecule is C[SiH](C)OCCC1C=CC2C3CCC(C3)C12. The van der Waals surface area contributed by atoms with E-state index in [0.29, 0.717) is 0 Å². The van der Waals surface area contributed by atoms with E-state index in [1.54, 1.807) is 0 Å². The minimum absolute atomic E-state index is 0.799. The molecule has 2 fully saturated rings. The van der Waals surface area contributed by atoms with Crippen molar-refractivity contribution in [1.29, 1.82) is 0 Å². The number of hydrogen-bond acceptors (Lipinski definition) is 1. The summed E-state index contributed by atoms with van der Waals surface area (Å²) in [5.41, 5.74) is 0. The lowest BCUT2D eigenvalue weighted by Crippen LogP contribution is -2.24. The van der Waals surface area contributed by atoms with Crippen LogP contribution in [0.15, 0.2) is 12.2 Å². The van der Waals surface area contributed by atoms with Crippen LogP contribution in [0, 0.1) is 29.6 Å². The molecule has 16 heavy (non-hydrogen) atoms. The van der Waals surface area contributed by atoms with E-state index in [4.69, 9.17) is 4.43 Å². The molecule has 0 aromatic rings. The smallest absolute Gasteiger partial charge is 0.170 e. The van der Waals surface area contributed by atoms with Crippen molar-refractivity contribution in [1.82, 2.24) is 0 Å². The molecule has 0 heterocycles. The molecule has 0 saturated heterocycles. The van der Waals surface area contributed by atoms with Crippen LogP contribution in [0.1, 0.15) is 25.7 Å². The van der Waals surface area contributed by atoms with Gasteiger partial charge in [0.25, 0.3) is 0 Å². The molecule has 3 aliphatic carbocycles. The van der Waals surface area contributed by atoms with Crippen molar-refractivity contribution >= 4 is 9.04 Å². The van der Waals surface area contributed by atoms with E-state index in [1.165, 1.54) is 25.7 Å². The Morgan fingerprint density at radius 3 is 2.81 bits per heavy atom. The van der Waals surface area contributed by atoms with Gasteiger partial charge in [-0.05, 0) is 68.4 Å². The number of hydrogen-bond donors (Lipinski definition) is 0. The molecule has 2 bridgehead atoms. The van der Waals surface area contributed by atoms with Crippen LogP contribution < -0.4 is 0 Å². The summed E-state index contributed by atoms with van der Waals surface area (Å²) < 4.78 is 5.84. The largest absolute Gasteiger partial charge is 0.421 e. The molecule has 0 N–H and O–H groups in total. The van der Waals surface area contributed by atoms with Crippen molar-refractivity contribution < 1.29 is 4.43 Å². The Labute approximate surface area is 101 Å². The van der Waals surface area contributed by atoms with Crippen LogP contribution in [-0.2, 0) is 4.43 Å². The minimum Gasteiger partial charge on any atom is -0.421 e. The first kappa shape index (κ1) is 11.0. The quantitative estimate of drug-likeness (QED) is 0.538. The van der Waals surface area contributed by atoms with Crippen LogP contribution in [0.5, 0.6) is 0 Å². The Balaban J connectivity index is 1.56. The Morgan fingerprint density at radius 2 is 2.00 bits per heavy atom. The third kappa shape index (κ3) is 1.80. The Bertz CT molecular complexity index is 286. The second-order valence-electron chi connectivity index (χ2n) is 6.24. The van der Waals surface area contributed by atoms with Crippen LogP contribution in [0.25, 0.3) is 0 Å². The molecular weight excluding hydrogens is 212 g/mol. The van der Waals surface area contributed by atoms with E-state index in [0.717, 1.165) is 36.2 Å². The maximum Gasteiger partial charge on any atom is 0.170 e. The van der Waals surface area contributed by atoms with Gasteiger partial charge in [0.2, 0.25) is 0 Å². The van der Waals surface area contributed by atoms with Crippen molar-refractivity contribution in [2.45, 2.75) is 38.8 Å². The van der Waals surface area contributed by atoms with Gasteiger partial charge < -0.3 is 4.43 Å². The topological polar surface area (TPSA) is 9.23 Å². The van der Waals surface area contributed by atoms with Crippen molar-refractivity contribution in [3.05, 3.63) is 12.2 Å². The molecule has 90 valence electrons. The summed E-state index contributed by atoms with van der Waals surface area (Å²) in [5.74, 6) is 4.94. The minimum atomic E-state index is -0.799. The zero-order valence-electron chi connectivity index (χ0n) is 10.6. The average Bonchev–Trinajstić information content (AvgIpc) is 2.87. The van der Waals surface area contributed by atoms with Gasteiger partial charge in [0.15, 0.2) is 9.04 Å². The zero-order valence-corrected chi connectivity index (χ0v) is 11.7. The first-order chi connectivity index (χ1) is 7.75. The summed E-state index contributed by atoms with van der Waals surface area (Å²) in [7, 11) is -0.799. The molecule has 1 nitrogen and oxygen atoms in total. The van der Waals surface area contributed by atoms with Crippen LogP contribution in [-0.4, -0.2) is 15.6 Å². The fourth-order valence-electron chi connectivity index (χ4n) is 4.43. The monoisotopic (exact) mass is 236 g/mol. The van der Waals surface area contributed by atoms with Gasteiger partial charge in [-0.15, -0.1) is 0 Å². The molecule has 5 unspecified atom stereocenters. The maximum atomic E-state index is 5.84. The standard InChI is InChI=1S/C14H24OSi/c1-16(2)15-8-7-10-5-6-13-11-3-4-12(9-11)14(10)13/h5-6,10-14,16H,3-4,7-9H2,1-2H3. The Morgan fingerprint density at radius 1 is 1.19 bits per heavy atom. The highest BCUT2D eigenvalue weighted by atomic mass is 28.3. The van der Waals surface area contributed by atoms with Crippen LogP contribution in [0.2, 0.25) is 13.1 Å². The van der Waals surface area contributed by atoms with Gasteiger partial charge in [0, 0.05) is 6.61 Å². The Hall–Kier alpha value is -0.0831. The molecule has 3 aliphatic rings. The third-order valence-electron chi connectivity index (χ3n) is 5.02. The first-order valence-electron chi connectivity index (χ1n) is 7.05. The summed E-state index contributed by atoms with van der Waals surface area (Å²) in [6.07, 6.45) is 10.9. The lowest BCUT2D eigenvalue weighted by Gasteiger charge is -2.29. The van der Waals surface area contributed by atoms with E-state index < -0.39 is 9.04 Å². The van der Waals surface area contributed by atoms with E-state index in [9.17, 15) is 0 Å². The van der Waals surface area contributed by atoms with Crippen LogP contribution in [0.4, 0.5) is 0 Å². The van der Waals surface area contributed by atoms with Gasteiger partial charge in [-0.25, -0.2) is 0 Å². The first-order valence-corrected chi connectivity index (χ1v) is 9.83. The highest BCUT2D eigenvalue weighted by Crippen LogP contribution is 2.58. The molecular formula is C14H24OSi. The van der Waals surface area contributed by atoms with E-state index in [-0.39, 0.29) is 0 Å². The average molecular weight is 236 g/mol. The Kier molecular flexibility index (Phi) is 2.97. The molecule has 0 aliphatic heterocycles. The van der Waals surface area contributed by atoms with Gasteiger partial charge in [-0.3, -0.25) is 0 Å². The predicted octanol–water partition coefficient (Wildman–Crippen LogP) is 3.22. The molecule has 0 spiro atoms. The van der Waals surface area contributed by atoms with Gasteiger partial charge >= 0.3 is 0 Å². The molecule has 3 rings (SSSR count). The molecule has 2 saturated carbocycles. The molecule has 5 atom stereocenters. The van der Waals surface area contributed by atoms with Crippen molar-refractivity contribution in [2.24, 2.45) is 29.6 Å². The van der Waals surface area contributed by atoms with Crippen molar-refractivity contribution in [3.8, 4) is 0 Å². The molecule has 0 aromatic carbocycles. The van der Waals surface area contributed by atoms with Crippen LogP contribution in [0.3, 0.4) is 0 Å². The summed E-state index contributed by atoms with van der Waals surface area (Å²) in [5, 5.41) is 0. The normalized spacial score (nSPS) is 44.6. The highest BCUT2D eigenvalue weighted by Gasteiger charge is 2.50. The zero-order chi connectivity index (χ0) is 11.1. The second kappa shape index (κ2) is 4.30. The molecule has 0 aromatic heterocycles. The lowest BCUT2D eigenvalue weighted by atomic mass is 9.76. The van der Waals surface area contributed by atoms with Gasteiger partial charge in [0.05, 0.1) is 0 Å². The van der Waals surface area contributed by atoms with Gasteiger partial charge in [-0.1, -0.05) is 12.2 Å². The summed E-state index contributed by atoms with van der Waals surface area (Å²) >= 11 is 0. The summed E-state index contributed by atoms with van der Waals surface area (Å²) in [6.45, 7) is 5.55. The number of allylic oxidation sites excluding steroid dienone is 2.